The summed E-state index contributed by atoms with van der Waals surface area (Å²) >= 11 is 0. The minimum absolute atomic E-state index is 0.0178. The molecule has 1 heterocycles. The fourth-order valence-electron chi connectivity index (χ4n) is 3.31. The maximum atomic E-state index is 14.1. The van der Waals surface area contributed by atoms with Gasteiger partial charge in [0.1, 0.15) is 17.5 Å². The third kappa shape index (κ3) is 3.92. The molecule has 0 saturated carbocycles. The van der Waals surface area contributed by atoms with E-state index >= 15 is 0 Å². The lowest BCUT2D eigenvalue weighted by molar-refractivity contribution is 0.102. The molecule has 4 aromatic rings. The van der Waals surface area contributed by atoms with Gasteiger partial charge in [0.2, 0.25) is 5.75 Å². The molecule has 0 atom stereocenters. The van der Waals surface area contributed by atoms with Crippen molar-refractivity contribution >= 4 is 22.6 Å². The van der Waals surface area contributed by atoms with Crippen LogP contribution in [0.25, 0.3) is 22.4 Å². The van der Waals surface area contributed by atoms with Crippen molar-refractivity contribution in [3.05, 3.63) is 65.7 Å². The molecule has 0 fully saturated rings. The number of nitrogens with zero attached hydrogens (tertiary/aromatic N) is 1. The molecule has 0 saturated heterocycles. The van der Waals surface area contributed by atoms with Crippen LogP contribution in [-0.2, 0) is 0 Å². The standard InChI is InChI=1S/C23H19F2N3O4/c1-30-19-8-12(9-20(31-2)21(19)32-3)23(29)26-14-5-7-17-18(11-14)28-22(27-17)15-10-13(24)4-6-16(15)25/h4-11H,1-3H3,(H,26,29)(H,27,28). The van der Waals surface area contributed by atoms with E-state index in [2.05, 4.69) is 15.3 Å². The highest BCUT2D eigenvalue weighted by molar-refractivity contribution is 6.05. The lowest BCUT2D eigenvalue weighted by Crippen LogP contribution is -2.12. The Hall–Kier alpha value is -4.14. The fraction of sp³-hybridized carbons (Fsp3) is 0.130. The summed E-state index contributed by atoms with van der Waals surface area (Å²) in [6, 6.07) is 11.2. The van der Waals surface area contributed by atoms with Gasteiger partial charge >= 0.3 is 0 Å². The molecule has 0 bridgehead atoms. The number of carbonyl (C=O) groups excluding carboxylic acids is 1. The number of ether oxygens (including phenoxy) is 3. The van der Waals surface area contributed by atoms with Crippen LogP contribution in [-0.4, -0.2) is 37.2 Å². The fourth-order valence-corrected chi connectivity index (χ4v) is 3.31. The van der Waals surface area contributed by atoms with E-state index < -0.39 is 17.5 Å². The van der Waals surface area contributed by atoms with Crippen LogP contribution in [0.15, 0.2) is 48.5 Å². The van der Waals surface area contributed by atoms with Gasteiger partial charge in [0.05, 0.1) is 37.9 Å². The summed E-state index contributed by atoms with van der Waals surface area (Å²) in [7, 11) is 4.40. The number of H-pyrrole nitrogens is 1. The number of hydrogen-bond donors (Lipinski definition) is 2. The number of hydrogen-bond acceptors (Lipinski definition) is 5. The van der Waals surface area contributed by atoms with Crippen LogP contribution in [0.3, 0.4) is 0 Å². The van der Waals surface area contributed by atoms with Gasteiger partial charge < -0.3 is 24.5 Å². The van der Waals surface area contributed by atoms with Crippen LogP contribution < -0.4 is 19.5 Å². The number of imidazole rings is 1. The molecule has 2 N–H and O–H groups in total. The van der Waals surface area contributed by atoms with E-state index in [0.29, 0.717) is 39.5 Å². The van der Waals surface area contributed by atoms with E-state index in [1.54, 1.807) is 18.2 Å². The summed E-state index contributed by atoms with van der Waals surface area (Å²) in [6.45, 7) is 0. The molecule has 0 aliphatic heterocycles. The summed E-state index contributed by atoms with van der Waals surface area (Å²) < 4.78 is 43.5. The van der Waals surface area contributed by atoms with E-state index in [4.69, 9.17) is 14.2 Å². The molecule has 9 heteroatoms. The van der Waals surface area contributed by atoms with Gasteiger partial charge in [-0.05, 0) is 48.5 Å². The number of benzene rings is 3. The average Bonchev–Trinajstić information content (AvgIpc) is 3.22. The average molecular weight is 439 g/mol. The minimum Gasteiger partial charge on any atom is -0.493 e. The summed E-state index contributed by atoms with van der Waals surface area (Å²) in [6.07, 6.45) is 0. The molecular formula is C23H19F2N3O4. The van der Waals surface area contributed by atoms with E-state index in [-0.39, 0.29) is 11.4 Å². The number of aromatic nitrogens is 2. The highest BCUT2D eigenvalue weighted by atomic mass is 19.1. The zero-order valence-electron chi connectivity index (χ0n) is 17.5. The lowest BCUT2D eigenvalue weighted by atomic mass is 10.1. The topological polar surface area (TPSA) is 85.5 Å². The van der Waals surface area contributed by atoms with Crippen LogP contribution >= 0.6 is 0 Å². The Labute approximate surface area is 181 Å². The van der Waals surface area contributed by atoms with Crippen molar-refractivity contribution in [2.24, 2.45) is 0 Å². The molecule has 3 aromatic carbocycles. The molecule has 0 aliphatic rings. The van der Waals surface area contributed by atoms with Crippen molar-refractivity contribution < 1.29 is 27.8 Å². The highest BCUT2D eigenvalue weighted by Crippen LogP contribution is 2.38. The third-order valence-electron chi connectivity index (χ3n) is 4.85. The van der Waals surface area contributed by atoms with E-state index in [9.17, 15) is 13.6 Å². The van der Waals surface area contributed by atoms with Crippen LogP contribution in [0, 0.1) is 11.6 Å². The summed E-state index contributed by atoms with van der Waals surface area (Å²) in [5.74, 6) is -0.306. The number of halogens is 2. The van der Waals surface area contributed by atoms with Gasteiger partial charge in [-0.25, -0.2) is 13.8 Å². The molecule has 32 heavy (non-hydrogen) atoms. The predicted octanol–water partition coefficient (Wildman–Crippen LogP) is 4.79. The summed E-state index contributed by atoms with van der Waals surface area (Å²) in [5.41, 5.74) is 1.88. The Kier molecular flexibility index (Phi) is 5.63. The number of rotatable bonds is 6. The van der Waals surface area contributed by atoms with Crippen molar-refractivity contribution in [3.8, 4) is 28.6 Å². The number of aromatic amines is 1. The molecule has 0 unspecified atom stereocenters. The van der Waals surface area contributed by atoms with Crippen LogP contribution in [0.4, 0.5) is 14.5 Å². The molecule has 4 rings (SSSR count). The highest BCUT2D eigenvalue weighted by Gasteiger charge is 2.18. The van der Waals surface area contributed by atoms with E-state index in [0.717, 1.165) is 18.2 Å². The molecule has 164 valence electrons. The molecule has 0 radical (unpaired) electrons. The van der Waals surface area contributed by atoms with Crippen molar-refractivity contribution in [1.82, 2.24) is 9.97 Å². The molecule has 7 nitrogen and oxygen atoms in total. The third-order valence-corrected chi connectivity index (χ3v) is 4.85. The Balaban J connectivity index is 1.64. The second-order valence-corrected chi connectivity index (χ2v) is 6.81. The van der Waals surface area contributed by atoms with Gasteiger partial charge in [-0.2, -0.15) is 0 Å². The summed E-state index contributed by atoms with van der Waals surface area (Å²) in [5, 5.41) is 2.79. The molecule has 0 spiro atoms. The Morgan fingerprint density at radius 1 is 0.938 bits per heavy atom. The Morgan fingerprint density at radius 3 is 2.31 bits per heavy atom. The van der Waals surface area contributed by atoms with Gasteiger partial charge in [0.25, 0.3) is 5.91 Å². The number of methoxy groups -OCH3 is 3. The molecule has 1 aromatic heterocycles. The molecular weight excluding hydrogens is 420 g/mol. The van der Waals surface area contributed by atoms with E-state index in [1.165, 1.54) is 33.5 Å². The van der Waals surface area contributed by atoms with E-state index in [1.807, 2.05) is 0 Å². The smallest absolute Gasteiger partial charge is 0.255 e. The number of nitrogens with one attached hydrogen (secondary N) is 2. The van der Waals surface area contributed by atoms with Crippen molar-refractivity contribution in [2.75, 3.05) is 26.6 Å². The first-order chi connectivity index (χ1) is 15.4. The van der Waals surface area contributed by atoms with Gasteiger partial charge in [0.15, 0.2) is 11.5 Å². The van der Waals surface area contributed by atoms with Gasteiger partial charge in [-0.3, -0.25) is 4.79 Å². The Bertz CT molecular complexity index is 1300. The van der Waals surface area contributed by atoms with Crippen LogP contribution in [0.5, 0.6) is 17.2 Å². The van der Waals surface area contributed by atoms with Crippen molar-refractivity contribution in [1.29, 1.82) is 0 Å². The predicted molar refractivity (Wildman–Crippen MR) is 115 cm³/mol. The second kappa shape index (κ2) is 8.54. The molecule has 1 amide bonds. The SMILES string of the molecule is COc1cc(C(=O)Nc2ccc3nc(-c4cc(F)ccc4F)[nH]c3c2)cc(OC)c1OC. The van der Waals surface area contributed by atoms with Crippen molar-refractivity contribution in [3.63, 3.8) is 0 Å². The Morgan fingerprint density at radius 2 is 1.66 bits per heavy atom. The summed E-state index contributed by atoms with van der Waals surface area (Å²) in [4.78, 5) is 20.1. The zero-order valence-corrected chi connectivity index (χ0v) is 17.5. The number of fused-ring (bicyclic) bond motifs is 1. The van der Waals surface area contributed by atoms with Crippen molar-refractivity contribution in [2.45, 2.75) is 0 Å². The normalized spacial score (nSPS) is 10.8. The van der Waals surface area contributed by atoms with Crippen LogP contribution in [0.2, 0.25) is 0 Å². The lowest BCUT2D eigenvalue weighted by Gasteiger charge is -2.14. The maximum Gasteiger partial charge on any atom is 0.255 e. The monoisotopic (exact) mass is 439 g/mol. The largest absolute Gasteiger partial charge is 0.493 e. The first kappa shape index (κ1) is 21.1. The quantitative estimate of drug-likeness (QED) is 0.451. The second-order valence-electron chi connectivity index (χ2n) is 6.81. The number of carbonyl (C=O) groups is 1. The van der Waals surface area contributed by atoms with Gasteiger partial charge in [0, 0.05) is 11.3 Å². The zero-order chi connectivity index (χ0) is 22.8. The number of anilines is 1. The first-order valence-corrected chi connectivity index (χ1v) is 9.50. The van der Waals surface area contributed by atoms with Gasteiger partial charge in [-0.1, -0.05) is 0 Å². The maximum absolute atomic E-state index is 14.1. The minimum atomic E-state index is -0.596. The van der Waals surface area contributed by atoms with Crippen LogP contribution in [0.1, 0.15) is 10.4 Å². The van der Waals surface area contributed by atoms with Gasteiger partial charge in [-0.15, -0.1) is 0 Å². The molecule has 0 aliphatic carbocycles. The first-order valence-electron chi connectivity index (χ1n) is 9.50. The number of amides is 1.